The van der Waals surface area contributed by atoms with Crippen molar-refractivity contribution < 1.29 is 9.53 Å². The van der Waals surface area contributed by atoms with Crippen LogP contribution in [0.4, 0.5) is 0 Å². The summed E-state index contributed by atoms with van der Waals surface area (Å²) < 4.78 is 5.78. The molecule has 134 valence electrons. The van der Waals surface area contributed by atoms with E-state index in [1.165, 1.54) is 5.56 Å². The Labute approximate surface area is 146 Å². The quantitative estimate of drug-likeness (QED) is 0.826. The van der Waals surface area contributed by atoms with Crippen molar-refractivity contribution in [2.75, 3.05) is 13.1 Å². The molecule has 2 atom stereocenters. The topological polar surface area (TPSA) is 32.8 Å². The number of hydrogen-bond donors (Lipinski definition) is 0. The van der Waals surface area contributed by atoms with Crippen LogP contribution in [0.1, 0.15) is 57.5 Å². The first-order chi connectivity index (χ1) is 11.3. The summed E-state index contributed by atoms with van der Waals surface area (Å²) >= 11 is 0. The average Bonchev–Trinajstić information content (AvgIpc) is 2.46. The maximum absolute atomic E-state index is 12.7. The third kappa shape index (κ3) is 4.81. The van der Waals surface area contributed by atoms with Crippen LogP contribution in [0.15, 0.2) is 24.3 Å². The Morgan fingerprint density at radius 1 is 1.08 bits per heavy atom. The first kappa shape index (κ1) is 18.9. The van der Waals surface area contributed by atoms with Gasteiger partial charge in [0.2, 0.25) is 0 Å². The number of hydrogen-bond acceptors (Lipinski definition) is 3. The van der Waals surface area contributed by atoms with Crippen molar-refractivity contribution in [1.29, 1.82) is 0 Å². The molecule has 0 saturated carbocycles. The smallest absolute Gasteiger partial charge is 0.254 e. The number of rotatable bonds is 5. The summed E-state index contributed by atoms with van der Waals surface area (Å²) in [5.74, 6) is 0.111. The van der Waals surface area contributed by atoms with Crippen LogP contribution in [0.25, 0.3) is 0 Å². The molecule has 1 saturated heterocycles. The molecule has 1 aliphatic rings. The van der Waals surface area contributed by atoms with Crippen molar-refractivity contribution in [3.8, 4) is 0 Å². The molecule has 1 aromatic carbocycles. The molecule has 2 rings (SSSR count). The Hall–Kier alpha value is -1.39. The van der Waals surface area contributed by atoms with Crippen molar-refractivity contribution >= 4 is 5.91 Å². The van der Waals surface area contributed by atoms with E-state index >= 15 is 0 Å². The zero-order valence-electron chi connectivity index (χ0n) is 16.0. The summed E-state index contributed by atoms with van der Waals surface area (Å²) in [6, 6.07) is 8.49. The average molecular weight is 332 g/mol. The highest BCUT2D eigenvalue weighted by atomic mass is 16.5. The summed E-state index contributed by atoms with van der Waals surface area (Å²) in [5, 5.41) is 0. The molecule has 1 amide bonds. The van der Waals surface area contributed by atoms with Crippen LogP contribution in [0.2, 0.25) is 0 Å². The van der Waals surface area contributed by atoms with Crippen LogP contribution in [0.5, 0.6) is 0 Å². The van der Waals surface area contributed by atoms with Gasteiger partial charge in [-0.15, -0.1) is 0 Å². The molecule has 1 aromatic rings. The van der Waals surface area contributed by atoms with Crippen molar-refractivity contribution in [2.24, 2.45) is 0 Å². The first-order valence-corrected chi connectivity index (χ1v) is 9.07. The molecule has 2 unspecified atom stereocenters. The summed E-state index contributed by atoms with van der Waals surface area (Å²) in [5.41, 5.74) is 2.01. The van der Waals surface area contributed by atoms with Crippen molar-refractivity contribution in [1.82, 2.24) is 9.80 Å². The summed E-state index contributed by atoms with van der Waals surface area (Å²) in [4.78, 5) is 17.1. The van der Waals surface area contributed by atoms with Gasteiger partial charge in [0, 0.05) is 37.3 Å². The van der Waals surface area contributed by atoms with Gasteiger partial charge in [-0.3, -0.25) is 9.69 Å². The maximum atomic E-state index is 12.7. The molecule has 1 fully saturated rings. The van der Waals surface area contributed by atoms with Gasteiger partial charge in [-0.05, 0) is 59.2 Å². The van der Waals surface area contributed by atoms with Crippen LogP contribution in [0, 0.1) is 0 Å². The predicted octanol–water partition coefficient (Wildman–Crippen LogP) is 3.55. The Kier molecular flexibility index (Phi) is 6.41. The number of morpholine rings is 1. The van der Waals surface area contributed by atoms with E-state index in [1.807, 2.05) is 17.0 Å². The summed E-state index contributed by atoms with van der Waals surface area (Å²) in [6.45, 7) is 15.3. The molecule has 24 heavy (non-hydrogen) atoms. The molecule has 4 heteroatoms. The highest BCUT2D eigenvalue weighted by Crippen LogP contribution is 2.17. The Bertz CT molecular complexity index is 521. The third-order valence-electron chi connectivity index (χ3n) is 4.45. The van der Waals surface area contributed by atoms with E-state index in [-0.39, 0.29) is 30.2 Å². The van der Waals surface area contributed by atoms with Crippen LogP contribution in [-0.2, 0) is 11.3 Å². The van der Waals surface area contributed by atoms with E-state index in [0.717, 1.165) is 25.2 Å². The van der Waals surface area contributed by atoms with Gasteiger partial charge in [-0.1, -0.05) is 12.1 Å². The molecule has 0 N–H and O–H groups in total. The predicted molar refractivity (Wildman–Crippen MR) is 98.2 cm³/mol. The number of amides is 1. The minimum Gasteiger partial charge on any atom is -0.373 e. The standard InChI is InChI=1S/C20H32N2O2/c1-14(2)22(15(3)4)20(23)19-9-7-18(8-10-19)13-21-11-16(5)24-17(6)12-21/h7-10,14-17H,11-13H2,1-6H3. The molecule has 1 heterocycles. The fourth-order valence-corrected chi connectivity index (χ4v) is 3.64. The SMILES string of the molecule is CC1CN(Cc2ccc(C(=O)N(C(C)C)C(C)C)cc2)CC(C)O1. The second-order valence-corrected chi connectivity index (χ2v) is 7.55. The lowest BCUT2D eigenvalue weighted by molar-refractivity contribution is -0.0704. The van der Waals surface area contributed by atoms with Gasteiger partial charge in [-0.2, -0.15) is 0 Å². The largest absolute Gasteiger partial charge is 0.373 e. The maximum Gasteiger partial charge on any atom is 0.254 e. The number of ether oxygens (including phenoxy) is 1. The lowest BCUT2D eigenvalue weighted by Crippen LogP contribution is -2.44. The Morgan fingerprint density at radius 3 is 2.04 bits per heavy atom. The molecule has 1 aliphatic heterocycles. The highest BCUT2D eigenvalue weighted by Gasteiger charge is 2.23. The monoisotopic (exact) mass is 332 g/mol. The van der Waals surface area contributed by atoms with Crippen molar-refractivity contribution in [3.05, 3.63) is 35.4 Å². The molecule has 0 spiro atoms. The molecular weight excluding hydrogens is 300 g/mol. The van der Waals surface area contributed by atoms with Crippen LogP contribution < -0.4 is 0 Å². The van der Waals surface area contributed by atoms with E-state index in [0.29, 0.717) is 0 Å². The van der Waals surface area contributed by atoms with Crippen LogP contribution in [-0.4, -0.2) is 53.1 Å². The van der Waals surface area contributed by atoms with Gasteiger partial charge < -0.3 is 9.64 Å². The van der Waals surface area contributed by atoms with E-state index in [1.54, 1.807) is 0 Å². The summed E-state index contributed by atoms with van der Waals surface area (Å²) in [7, 11) is 0. The molecule has 4 nitrogen and oxygen atoms in total. The molecule has 0 aromatic heterocycles. The van der Waals surface area contributed by atoms with Gasteiger partial charge in [0.05, 0.1) is 12.2 Å². The van der Waals surface area contributed by atoms with E-state index < -0.39 is 0 Å². The number of carbonyl (C=O) groups is 1. The Morgan fingerprint density at radius 2 is 1.58 bits per heavy atom. The number of nitrogens with zero attached hydrogens (tertiary/aromatic N) is 2. The lowest BCUT2D eigenvalue weighted by atomic mass is 10.1. The van der Waals surface area contributed by atoms with E-state index in [9.17, 15) is 4.79 Å². The van der Waals surface area contributed by atoms with Gasteiger partial charge >= 0.3 is 0 Å². The number of carbonyl (C=O) groups excluding carboxylic acids is 1. The molecule has 0 aliphatic carbocycles. The summed E-state index contributed by atoms with van der Waals surface area (Å²) in [6.07, 6.45) is 0.556. The molecular formula is C20H32N2O2. The fourth-order valence-electron chi connectivity index (χ4n) is 3.64. The van der Waals surface area contributed by atoms with Gasteiger partial charge in [0.25, 0.3) is 5.91 Å². The fraction of sp³-hybridized carbons (Fsp3) is 0.650. The van der Waals surface area contributed by atoms with Crippen molar-refractivity contribution in [3.63, 3.8) is 0 Å². The Balaban J connectivity index is 2.03. The normalized spacial score (nSPS) is 22.2. The van der Waals surface area contributed by atoms with Crippen molar-refractivity contribution in [2.45, 2.75) is 72.4 Å². The third-order valence-corrected chi connectivity index (χ3v) is 4.45. The second kappa shape index (κ2) is 8.13. The van der Waals surface area contributed by atoms with Gasteiger partial charge in [-0.25, -0.2) is 0 Å². The van der Waals surface area contributed by atoms with Crippen LogP contribution in [0.3, 0.4) is 0 Å². The minimum absolute atomic E-state index is 0.111. The zero-order valence-corrected chi connectivity index (χ0v) is 16.0. The molecule has 0 bridgehead atoms. The highest BCUT2D eigenvalue weighted by molar-refractivity contribution is 5.94. The van der Waals surface area contributed by atoms with Crippen LogP contribution >= 0.6 is 0 Å². The first-order valence-electron chi connectivity index (χ1n) is 9.07. The van der Waals surface area contributed by atoms with Gasteiger partial charge in [0.15, 0.2) is 0 Å². The van der Waals surface area contributed by atoms with Gasteiger partial charge in [0.1, 0.15) is 0 Å². The van der Waals surface area contributed by atoms with E-state index in [4.69, 9.17) is 4.74 Å². The molecule has 0 radical (unpaired) electrons. The second-order valence-electron chi connectivity index (χ2n) is 7.55. The number of benzene rings is 1. The lowest BCUT2D eigenvalue weighted by Gasteiger charge is -2.35. The van der Waals surface area contributed by atoms with E-state index in [2.05, 4.69) is 58.6 Å². The zero-order chi connectivity index (χ0) is 17.9. The minimum atomic E-state index is 0.111.